The van der Waals surface area contributed by atoms with E-state index in [-0.39, 0.29) is 66.3 Å². The van der Waals surface area contributed by atoms with E-state index < -0.39 is 67.9 Å². The number of hydrogen-bond acceptors (Lipinski definition) is 18. The number of benzene rings is 1. The van der Waals surface area contributed by atoms with Gasteiger partial charge in [0, 0.05) is 36.0 Å². The first kappa shape index (κ1) is 42.1. The van der Waals surface area contributed by atoms with Crippen LogP contribution < -0.4 is 16.2 Å². The number of fused-ring (bicyclic) bond motifs is 3. The number of carbonyl (C=O) groups excluding carboxylic acids is 2. The first-order valence-electron chi connectivity index (χ1n) is 19.4. The summed E-state index contributed by atoms with van der Waals surface area (Å²) in [5.74, 6) is -1.81. The summed E-state index contributed by atoms with van der Waals surface area (Å²) < 4.78 is 47.3. The lowest BCUT2D eigenvalue weighted by Crippen LogP contribution is -2.37. The Bertz CT molecular complexity index is 2600. The number of aliphatic hydroxyl groups excluding tert-OH is 2. The number of ether oxygens (including phenoxy) is 2. The molecule has 0 radical (unpaired) electrons. The van der Waals surface area contributed by atoms with Gasteiger partial charge < -0.3 is 29.6 Å². The molecule has 1 saturated heterocycles. The summed E-state index contributed by atoms with van der Waals surface area (Å²) in [7, 11) is -3.39. The van der Waals surface area contributed by atoms with Crippen molar-refractivity contribution in [1.29, 1.82) is 5.26 Å². The van der Waals surface area contributed by atoms with Gasteiger partial charge in [-0.1, -0.05) is 44.2 Å². The zero-order chi connectivity index (χ0) is 43.2. The van der Waals surface area contributed by atoms with Crippen LogP contribution in [0.15, 0.2) is 47.8 Å². The second-order valence-corrected chi connectivity index (χ2v) is 17.1. The van der Waals surface area contributed by atoms with Crippen molar-refractivity contribution < 1.29 is 47.4 Å². The molecule has 1 aliphatic heterocycles. The third-order valence-corrected chi connectivity index (χ3v) is 12.9. The number of carbonyl (C=O) groups is 2. The van der Waals surface area contributed by atoms with Crippen molar-refractivity contribution in [2.24, 2.45) is 23.2 Å². The minimum Gasteiger partial charge on any atom is -0.394 e. The second kappa shape index (κ2) is 16.7. The number of nitrogens with one attached hydrogen (secondary N) is 3. The molecule has 1 aromatic carbocycles. The van der Waals surface area contributed by atoms with Gasteiger partial charge in [-0.25, -0.2) is 19.5 Å². The molecule has 5 N–H and O–H groups in total. The first-order chi connectivity index (χ1) is 29.3. The Balaban J connectivity index is 1.05. The van der Waals surface area contributed by atoms with Crippen LogP contribution >= 0.6 is 7.82 Å². The number of H-pyrrole nitrogens is 1. The maximum atomic E-state index is 14.7. The van der Waals surface area contributed by atoms with E-state index in [2.05, 4.69) is 45.9 Å². The number of amides is 2. The summed E-state index contributed by atoms with van der Waals surface area (Å²) in [6.07, 6.45) is -2.82. The molecule has 3 aliphatic rings. The van der Waals surface area contributed by atoms with Crippen LogP contribution in [-0.2, 0) is 32.4 Å². The molecular formula is C37H43N12O11P. The highest BCUT2D eigenvalue weighted by Crippen LogP contribution is 2.71. The van der Waals surface area contributed by atoms with Crippen LogP contribution in [0.25, 0.3) is 22.3 Å². The van der Waals surface area contributed by atoms with E-state index in [0.717, 1.165) is 4.68 Å². The zero-order valence-corrected chi connectivity index (χ0v) is 34.2. The molecule has 23 nitrogen and oxygen atoms in total. The normalized spacial score (nSPS) is 27.8. The Labute approximate surface area is 346 Å². The maximum absolute atomic E-state index is 14.7. The van der Waals surface area contributed by atoms with E-state index in [1.807, 2.05) is 17.6 Å². The van der Waals surface area contributed by atoms with Gasteiger partial charge in [-0.2, -0.15) is 14.9 Å². The van der Waals surface area contributed by atoms with Gasteiger partial charge in [0.2, 0.25) is 11.9 Å². The SMILES string of the molecule is CO[C@H]1[C@@H](OP(=O)(OCCC#N)OC[C@]23C[C@@H]2[C@@H](n2cnc4c(NC(=O)c5ccccc5)ncnc42)[C@H](C)[C@@H]3O)[C@H](n2nnc3c(=O)[nH]c(NC(=O)C(C)C)nc32)O[C@@H]1CO. The fraction of sp³-hybridized carbons (Fsp3) is 0.514. The van der Waals surface area contributed by atoms with Gasteiger partial charge in [0.15, 0.2) is 34.4 Å². The van der Waals surface area contributed by atoms with Crippen LogP contribution in [0.4, 0.5) is 11.8 Å². The van der Waals surface area contributed by atoms with Gasteiger partial charge in [-0.3, -0.25) is 38.3 Å². The van der Waals surface area contributed by atoms with E-state index in [1.165, 1.54) is 13.4 Å². The Morgan fingerprint density at radius 1 is 1.13 bits per heavy atom. The number of phosphoric acid groups is 1. The minimum absolute atomic E-state index is 0.146. The predicted octanol–water partition coefficient (Wildman–Crippen LogP) is 2.10. The first-order valence-corrected chi connectivity index (χ1v) is 20.9. The molecule has 5 heterocycles. The van der Waals surface area contributed by atoms with Crippen molar-refractivity contribution in [2.75, 3.05) is 37.6 Å². The van der Waals surface area contributed by atoms with E-state index in [4.69, 9.17) is 23.0 Å². The quantitative estimate of drug-likeness (QED) is 0.0701. The van der Waals surface area contributed by atoms with Crippen molar-refractivity contribution in [3.05, 3.63) is 58.9 Å². The minimum atomic E-state index is -4.70. The number of imidazole rings is 1. The highest BCUT2D eigenvalue weighted by molar-refractivity contribution is 7.48. The molecule has 61 heavy (non-hydrogen) atoms. The molecule has 2 saturated carbocycles. The van der Waals surface area contributed by atoms with Gasteiger partial charge >= 0.3 is 7.82 Å². The number of methoxy groups -OCH3 is 1. The van der Waals surface area contributed by atoms with Crippen LogP contribution in [-0.4, -0.2) is 118 Å². The number of rotatable bonds is 16. The maximum Gasteiger partial charge on any atom is 0.475 e. The lowest BCUT2D eigenvalue weighted by atomic mass is 9.94. The topological polar surface area (TPSA) is 306 Å². The van der Waals surface area contributed by atoms with E-state index in [1.54, 1.807) is 50.5 Å². The van der Waals surface area contributed by atoms with E-state index in [9.17, 15) is 34.4 Å². The zero-order valence-electron chi connectivity index (χ0n) is 33.3. The lowest BCUT2D eigenvalue weighted by Gasteiger charge is -2.29. The summed E-state index contributed by atoms with van der Waals surface area (Å²) >= 11 is 0. The largest absolute Gasteiger partial charge is 0.475 e. The monoisotopic (exact) mass is 862 g/mol. The fourth-order valence-electron chi connectivity index (χ4n) is 8.29. The highest BCUT2D eigenvalue weighted by atomic mass is 31.2. The Morgan fingerprint density at radius 3 is 2.64 bits per heavy atom. The van der Waals surface area contributed by atoms with E-state index in [0.29, 0.717) is 23.1 Å². The summed E-state index contributed by atoms with van der Waals surface area (Å²) in [4.78, 5) is 58.4. The molecule has 0 bridgehead atoms. The van der Waals surface area contributed by atoms with E-state index >= 15 is 0 Å². The summed E-state index contributed by atoms with van der Waals surface area (Å²) in [6.45, 7) is 3.93. The summed E-state index contributed by atoms with van der Waals surface area (Å²) in [5, 5.41) is 44.7. The number of anilines is 2. The van der Waals surface area contributed by atoms with Crippen LogP contribution in [0, 0.1) is 34.5 Å². The molecular weight excluding hydrogens is 819 g/mol. The van der Waals surface area contributed by atoms with Gasteiger partial charge in [0.1, 0.15) is 24.6 Å². The van der Waals surface area contributed by atoms with Crippen LogP contribution in [0.2, 0.25) is 0 Å². The van der Waals surface area contributed by atoms with Crippen molar-refractivity contribution in [3.8, 4) is 6.07 Å². The lowest BCUT2D eigenvalue weighted by molar-refractivity contribution is -0.118. The van der Waals surface area contributed by atoms with Crippen LogP contribution in [0.1, 0.15) is 56.2 Å². The van der Waals surface area contributed by atoms with Gasteiger partial charge in [0.05, 0.1) is 44.7 Å². The molecule has 0 spiro atoms. The average molecular weight is 863 g/mol. The smallest absolute Gasteiger partial charge is 0.394 e. The van der Waals surface area contributed by atoms with Gasteiger partial charge in [-0.15, -0.1) is 5.10 Å². The fourth-order valence-corrected chi connectivity index (χ4v) is 9.72. The molecule has 24 heteroatoms. The predicted molar refractivity (Wildman–Crippen MR) is 210 cm³/mol. The average Bonchev–Trinajstić information content (AvgIpc) is 3.53. The number of aromatic nitrogens is 9. The van der Waals surface area contributed by atoms with Gasteiger partial charge in [-0.05, 0) is 24.5 Å². The number of aliphatic hydroxyl groups is 2. The third-order valence-electron chi connectivity index (χ3n) is 11.4. The van der Waals surface area contributed by atoms with Crippen molar-refractivity contribution in [2.45, 2.75) is 70.3 Å². The van der Waals surface area contributed by atoms with Crippen molar-refractivity contribution in [3.63, 3.8) is 0 Å². The standard InChI is InChI=1S/C37H43N12O11P/c1-18(2)32(52)44-36-43-31-24(34(54)45-36)46-47-49(31)35-27(26(56-4)22(14-50)59-35)60-61(55,57-12-8-11-38)58-15-37-13-21(37)25(19(3)28(37)51)48-17-41-23-29(39-16-40-30(23)48)42-33(53)20-9-6-5-7-10-20/h5-7,9-10,16-19,21-22,25-28,35,50-51H,8,12-15H2,1-4H3,(H,39,40,42,53)(H2,43,44,45,52,54)/t19-,21+,22+,25-,26+,27+,28-,35+,37+,61?/m0/s1. The van der Waals surface area contributed by atoms with Crippen molar-refractivity contribution >= 4 is 53.7 Å². The Hall–Kier alpha value is -5.57. The van der Waals surface area contributed by atoms with Crippen molar-refractivity contribution in [1.82, 2.24) is 44.5 Å². The molecule has 322 valence electrons. The van der Waals surface area contributed by atoms with Crippen LogP contribution in [0.5, 0.6) is 0 Å². The summed E-state index contributed by atoms with van der Waals surface area (Å²) in [6, 6.07) is 10.2. The number of phosphoric ester groups is 1. The van der Waals surface area contributed by atoms with Gasteiger partial charge in [0.25, 0.3) is 11.5 Å². The number of nitriles is 1. The number of hydrogen-bond donors (Lipinski definition) is 5. The molecule has 2 aliphatic carbocycles. The molecule has 8 rings (SSSR count). The molecule has 4 aromatic heterocycles. The second-order valence-electron chi connectivity index (χ2n) is 15.4. The van der Waals surface area contributed by atoms with Crippen LogP contribution in [0.3, 0.4) is 0 Å². The number of aromatic amines is 1. The molecule has 1 unspecified atom stereocenters. The Morgan fingerprint density at radius 2 is 1.92 bits per heavy atom. The third kappa shape index (κ3) is 7.70. The Kier molecular flexibility index (Phi) is 11.5. The molecule has 3 fully saturated rings. The summed E-state index contributed by atoms with van der Waals surface area (Å²) in [5.41, 5.74) is -0.792. The highest BCUT2D eigenvalue weighted by Gasteiger charge is 2.71. The molecule has 2 amide bonds. The molecule has 10 atom stereocenters. The molecule has 5 aromatic rings. The number of nitrogens with zero attached hydrogens (tertiary/aromatic N) is 9.